The Bertz CT molecular complexity index is 448. The molecule has 1 saturated carbocycles. The zero-order valence-electron chi connectivity index (χ0n) is 10.3. The van der Waals surface area contributed by atoms with Crippen LogP contribution in [-0.4, -0.2) is 12.1 Å². The lowest BCUT2D eigenvalue weighted by Gasteiger charge is -2.28. The lowest BCUT2D eigenvalue weighted by molar-refractivity contribution is -0.138. The average molecular weight is 337 g/mol. The Labute approximate surface area is 118 Å². The summed E-state index contributed by atoms with van der Waals surface area (Å²) in [7, 11) is 0. The van der Waals surface area contributed by atoms with E-state index in [1.807, 2.05) is 0 Å². The van der Waals surface area contributed by atoms with Gasteiger partial charge in [0.05, 0.1) is 5.56 Å². The molecule has 0 saturated heterocycles. The van der Waals surface area contributed by atoms with Crippen molar-refractivity contribution in [1.29, 1.82) is 0 Å². The molecular formula is C13H16BrF3N2. The quantitative estimate of drug-likeness (QED) is 0.851. The molecule has 0 aromatic heterocycles. The highest BCUT2D eigenvalue weighted by molar-refractivity contribution is 9.10. The van der Waals surface area contributed by atoms with Gasteiger partial charge in [-0.2, -0.15) is 13.2 Å². The molecule has 0 bridgehead atoms. The number of rotatable bonds is 2. The summed E-state index contributed by atoms with van der Waals surface area (Å²) in [6.07, 6.45) is -0.587. The smallest absolute Gasteiger partial charge is 0.382 e. The van der Waals surface area contributed by atoms with Gasteiger partial charge in [0, 0.05) is 22.2 Å². The Morgan fingerprint density at radius 3 is 2.63 bits per heavy atom. The van der Waals surface area contributed by atoms with Gasteiger partial charge in [0.1, 0.15) is 0 Å². The fraction of sp³-hybridized carbons (Fsp3) is 0.538. The molecule has 2 atom stereocenters. The number of hydrogen-bond acceptors (Lipinski definition) is 2. The number of hydrogen-bond donors (Lipinski definition) is 2. The highest BCUT2D eigenvalue weighted by Gasteiger charge is 2.33. The zero-order valence-corrected chi connectivity index (χ0v) is 11.9. The van der Waals surface area contributed by atoms with E-state index < -0.39 is 11.7 Å². The third-order valence-electron chi connectivity index (χ3n) is 3.36. The van der Waals surface area contributed by atoms with Gasteiger partial charge in [-0.25, -0.2) is 0 Å². The summed E-state index contributed by atoms with van der Waals surface area (Å²) in [4.78, 5) is 0. The molecule has 3 N–H and O–H groups in total. The molecule has 1 aliphatic rings. The van der Waals surface area contributed by atoms with Crippen molar-refractivity contribution in [3.63, 3.8) is 0 Å². The van der Waals surface area contributed by atoms with Crippen molar-refractivity contribution < 1.29 is 13.2 Å². The number of alkyl halides is 3. The molecule has 2 rings (SSSR count). The molecule has 0 spiro atoms. The summed E-state index contributed by atoms with van der Waals surface area (Å²) in [6.45, 7) is 0. The summed E-state index contributed by atoms with van der Waals surface area (Å²) < 4.78 is 38.4. The number of anilines is 1. The zero-order chi connectivity index (χ0) is 14.0. The number of benzene rings is 1. The first-order chi connectivity index (χ1) is 8.86. The molecular weight excluding hydrogens is 321 g/mol. The molecule has 2 unspecified atom stereocenters. The van der Waals surface area contributed by atoms with E-state index in [2.05, 4.69) is 21.2 Å². The molecule has 0 aliphatic heterocycles. The number of nitrogens with two attached hydrogens (primary N) is 1. The maximum Gasteiger partial charge on any atom is 0.417 e. The molecule has 0 heterocycles. The van der Waals surface area contributed by atoms with E-state index >= 15 is 0 Å². The summed E-state index contributed by atoms with van der Waals surface area (Å²) in [5, 5.41) is 3.15. The van der Waals surface area contributed by atoms with E-state index in [-0.39, 0.29) is 16.6 Å². The van der Waals surface area contributed by atoms with Gasteiger partial charge in [-0.3, -0.25) is 0 Å². The van der Waals surface area contributed by atoms with Gasteiger partial charge in [0.15, 0.2) is 0 Å². The van der Waals surface area contributed by atoms with Crippen LogP contribution >= 0.6 is 15.9 Å². The molecule has 1 aromatic carbocycles. The predicted octanol–water partition coefficient (Wildman–Crippen LogP) is 4.15. The first-order valence-electron chi connectivity index (χ1n) is 6.25. The van der Waals surface area contributed by atoms with Crippen LogP contribution in [0.5, 0.6) is 0 Å². The first-order valence-corrected chi connectivity index (χ1v) is 7.04. The van der Waals surface area contributed by atoms with Gasteiger partial charge in [-0.1, -0.05) is 15.9 Å². The Balaban J connectivity index is 2.13. The third kappa shape index (κ3) is 3.86. The maximum atomic E-state index is 12.8. The minimum atomic E-state index is -4.35. The van der Waals surface area contributed by atoms with Crippen LogP contribution in [0.2, 0.25) is 0 Å². The van der Waals surface area contributed by atoms with Crippen LogP contribution in [0.25, 0.3) is 0 Å². The van der Waals surface area contributed by atoms with E-state index in [0.717, 1.165) is 31.7 Å². The van der Waals surface area contributed by atoms with Crippen LogP contribution in [0, 0.1) is 0 Å². The van der Waals surface area contributed by atoms with Gasteiger partial charge in [0.25, 0.3) is 0 Å². The Hall–Kier alpha value is -0.750. The van der Waals surface area contributed by atoms with E-state index in [4.69, 9.17) is 5.73 Å². The number of nitrogens with one attached hydrogen (secondary N) is 1. The number of halogens is 4. The van der Waals surface area contributed by atoms with Crippen LogP contribution in [0.1, 0.15) is 31.2 Å². The predicted molar refractivity (Wildman–Crippen MR) is 73.0 cm³/mol. The molecule has 1 aliphatic carbocycles. The van der Waals surface area contributed by atoms with Gasteiger partial charge in [-0.15, -0.1) is 0 Å². The summed E-state index contributed by atoms with van der Waals surface area (Å²) in [5.41, 5.74) is 5.71. The van der Waals surface area contributed by atoms with Crippen molar-refractivity contribution in [2.75, 3.05) is 5.32 Å². The lowest BCUT2D eigenvalue weighted by atomic mass is 9.91. The van der Waals surface area contributed by atoms with Crippen molar-refractivity contribution >= 4 is 21.6 Å². The first kappa shape index (κ1) is 14.7. The Kier molecular flexibility index (Phi) is 4.40. The van der Waals surface area contributed by atoms with Crippen LogP contribution < -0.4 is 11.1 Å². The van der Waals surface area contributed by atoms with Crippen LogP contribution in [-0.2, 0) is 6.18 Å². The fourth-order valence-corrected chi connectivity index (χ4v) is 2.90. The highest BCUT2D eigenvalue weighted by Crippen LogP contribution is 2.36. The second kappa shape index (κ2) is 5.71. The maximum absolute atomic E-state index is 12.8. The van der Waals surface area contributed by atoms with Crippen molar-refractivity contribution in [2.45, 2.75) is 43.9 Å². The minimum Gasteiger partial charge on any atom is -0.382 e. The van der Waals surface area contributed by atoms with Gasteiger partial charge in [0.2, 0.25) is 0 Å². The second-order valence-electron chi connectivity index (χ2n) is 4.96. The standard InChI is InChI=1S/C13H16BrF3N2/c14-12-5-4-10(7-11(12)13(15,16)17)19-9-3-1-2-8(18)6-9/h4-5,7-9,19H,1-3,6,18H2. The molecule has 2 nitrogen and oxygen atoms in total. The Morgan fingerprint density at radius 1 is 1.26 bits per heavy atom. The van der Waals surface area contributed by atoms with Crippen LogP contribution in [0.15, 0.2) is 22.7 Å². The van der Waals surface area contributed by atoms with Gasteiger partial charge < -0.3 is 11.1 Å². The van der Waals surface area contributed by atoms with Crippen molar-refractivity contribution in [1.82, 2.24) is 0 Å². The topological polar surface area (TPSA) is 38.0 Å². The van der Waals surface area contributed by atoms with E-state index in [0.29, 0.717) is 5.69 Å². The largest absolute Gasteiger partial charge is 0.417 e. The van der Waals surface area contributed by atoms with Gasteiger partial charge >= 0.3 is 6.18 Å². The van der Waals surface area contributed by atoms with E-state index in [9.17, 15) is 13.2 Å². The molecule has 106 valence electrons. The van der Waals surface area contributed by atoms with Crippen LogP contribution in [0.3, 0.4) is 0 Å². The SMILES string of the molecule is NC1CCCC(Nc2ccc(Br)c(C(F)(F)F)c2)C1. The summed E-state index contributed by atoms with van der Waals surface area (Å²) in [5.74, 6) is 0. The molecule has 0 radical (unpaired) electrons. The Morgan fingerprint density at radius 2 is 2.00 bits per heavy atom. The molecule has 0 amide bonds. The minimum absolute atomic E-state index is 0.0610. The van der Waals surface area contributed by atoms with Crippen LogP contribution in [0.4, 0.5) is 18.9 Å². The normalized spacial score (nSPS) is 24.3. The second-order valence-corrected chi connectivity index (χ2v) is 5.81. The van der Waals surface area contributed by atoms with Crippen molar-refractivity contribution in [3.8, 4) is 0 Å². The van der Waals surface area contributed by atoms with Crippen molar-refractivity contribution in [2.24, 2.45) is 5.73 Å². The molecule has 19 heavy (non-hydrogen) atoms. The summed E-state index contributed by atoms with van der Waals surface area (Å²) in [6, 6.07) is 4.52. The van der Waals surface area contributed by atoms with E-state index in [1.165, 1.54) is 6.07 Å². The third-order valence-corrected chi connectivity index (χ3v) is 4.05. The fourth-order valence-electron chi connectivity index (χ4n) is 2.43. The summed E-state index contributed by atoms with van der Waals surface area (Å²) >= 11 is 2.93. The lowest BCUT2D eigenvalue weighted by Crippen LogP contribution is -2.34. The van der Waals surface area contributed by atoms with Gasteiger partial charge in [-0.05, 0) is 43.9 Å². The monoisotopic (exact) mass is 336 g/mol. The molecule has 1 fully saturated rings. The molecule has 1 aromatic rings. The average Bonchev–Trinajstić information content (AvgIpc) is 2.30. The highest BCUT2D eigenvalue weighted by atomic mass is 79.9. The van der Waals surface area contributed by atoms with Crippen molar-refractivity contribution in [3.05, 3.63) is 28.2 Å². The molecule has 6 heteroatoms. The van der Waals surface area contributed by atoms with E-state index in [1.54, 1.807) is 6.07 Å².